The second-order valence-corrected chi connectivity index (χ2v) is 10.9. The summed E-state index contributed by atoms with van der Waals surface area (Å²) < 4.78 is 0. The molecule has 0 aliphatic carbocycles. The molecule has 0 saturated heterocycles. The minimum atomic E-state index is 0.137. The van der Waals surface area contributed by atoms with Crippen LogP contribution in [0.2, 0.25) is 0 Å². The van der Waals surface area contributed by atoms with Crippen molar-refractivity contribution in [2.75, 3.05) is 37.0 Å². The Morgan fingerprint density at radius 3 is 0.688 bits per heavy atom. The van der Waals surface area contributed by atoms with Gasteiger partial charge in [0.15, 0.2) is 0 Å². The minimum absolute atomic E-state index is 0.137. The summed E-state index contributed by atoms with van der Waals surface area (Å²) in [5.41, 5.74) is 0. The Labute approximate surface area is 126 Å². The standard InChI is InChI=1S/2C6H15P.Au.BrH/c2*1-4-7(5-2)6-3;;/h2*4-6H2,1-3H3;;1H/q;;+1;/p+1. The Morgan fingerprint density at radius 2 is 0.688 bits per heavy atom. The van der Waals surface area contributed by atoms with E-state index in [4.69, 9.17) is 0 Å². The zero-order chi connectivity index (χ0) is 13.4. The Bertz CT molecular complexity index is 74.0. The molecule has 0 fully saturated rings. The molecule has 0 aromatic carbocycles. The van der Waals surface area contributed by atoms with Crippen LogP contribution in [0, 0.1) is 0 Å². The van der Waals surface area contributed by atoms with Crippen LogP contribution in [0.25, 0.3) is 0 Å². The number of rotatable bonds is 6. The summed E-state index contributed by atoms with van der Waals surface area (Å²) >= 11 is 4.97. The van der Waals surface area contributed by atoms with Crippen molar-refractivity contribution in [3.05, 3.63) is 0 Å². The summed E-state index contributed by atoms with van der Waals surface area (Å²) in [5.74, 6) is 0. The summed E-state index contributed by atoms with van der Waals surface area (Å²) in [5, 5.41) is 0. The summed E-state index contributed by atoms with van der Waals surface area (Å²) in [6.07, 6.45) is 8.74. The fourth-order valence-electron chi connectivity index (χ4n) is 1.50. The summed E-state index contributed by atoms with van der Waals surface area (Å²) in [6.45, 7) is 13.8. The third-order valence-electron chi connectivity index (χ3n) is 3.00. The van der Waals surface area contributed by atoms with Gasteiger partial charge in [0, 0.05) is 0 Å². The Hall–Kier alpha value is 2.08. The molecule has 106 valence electrons. The fourth-order valence-corrected chi connectivity index (χ4v) is 4.50. The van der Waals surface area contributed by atoms with Crippen molar-refractivity contribution in [2.45, 2.75) is 41.5 Å². The SMILES string of the molecule is CC[PH+](CC)CC.CC[PH+](CC)CC.[Br][Au]. The summed E-state index contributed by atoms with van der Waals surface area (Å²) in [4.78, 5) is 0. The van der Waals surface area contributed by atoms with Gasteiger partial charge in [-0.3, -0.25) is 0 Å². The zero-order valence-corrected chi connectivity index (χ0v) is 17.7. The Kier molecular flexibility index (Phi) is 32.3. The van der Waals surface area contributed by atoms with Crippen molar-refractivity contribution in [1.82, 2.24) is 0 Å². The summed E-state index contributed by atoms with van der Waals surface area (Å²) in [6, 6.07) is 0. The van der Waals surface area contributed by atoms with E-state index in [1.54, 1.807) is 0 Å². The molecule has 0 aromatic rings. The third-order valence-corrected chi connectivity index (χ3v) is 9.00. The van der Waals surface area contributed by atoms with Crippen molar-refractivity contribution >= 4 is 28.9 Å². The molecule has 0 aromatic heterocycles. The monoisotopic (exact) mass is 514 g/mol. The molecular formula is C12H32AuBrP2+2. The second kappa shape index (κ2) is 22.3. The zero-order valence-electron chi connectivity index (χ0n) is 11.9. The van der Waals surface area contributed by atoms with E-state index in [0.29, 0.717) is 0 Å². The van der Waals surface area contributed by atoms with Crippen LogP contribution >= 0.6 is 28.9 Å². The Morgan fingerprint density at radius 1 is 0.562 bits per heavy atom. The molecule has 0 atom stereocenters. The molecule has 0 nitrogen and oxygen atoms in total. The maximum atomic E-state index is 2.88. The Balaban J connectivity index is -0.000000183. The van der Waals surface area contributed by atoms with Gasteiger partial charge in [-0.25, -0.2) is 0 Å². The molecule has 0 bridgehead atoms. The van der Waals surface area contributed by atoms with Crippen LogP contribution in [0.15, 0.2) is 0 Å². The van der Waals surface area contributed by atoms with Crippen LogP contribution in [0.4, 0.5) is 0 Å². The van der Waals surface area contributed by atoms with Crippen LogP contribution in [0.3, 0.4) is 0 Å². The van der Waals surface area contributed by atoms with Gasteiger partial charge in [0.25, 0.3) is 0 Å². The molecule has 0 amide bonds. The molecule has 0 radical (unpaired) electrons. The van der Waals surface area contributed by atoms with E-state index in [9.17, 15) is 0 Å². The molecule has 0 N–H and O–H groups in total. The van der Waals surface area contributed by atoms with E-state index in [2.05, 4.69) is 73.5 Å². The van der Waals surface area contributed by atoms with Crippen molar-refractivity contribution in [1.29, 1.82) is 0 Å². The van der Waals surface area contributed by atoms with E-state index >= 15 is 0 Å². The molecule has 0 aliphatic heterocycles. The summed E-state index contributed by atoms with van der Waals surface area (Å²) in [7, 11) is 0.275. The average Bonchev–Trinajstić information content (AvgIpc) is 2.37. The third kappa shape index (κ3) is 18.4. The normalized spacial score (nSPS) is 9.44. The van der Waals surface area contributed by atoms with Crippen molar-refractivity contribution in [3.63, 3.8) is 0 Å². The molecule has 0 spiro atoms. The van der Waals surface area contributed by atoms with Crippen LogP contribution < -0.4 is 0 Å². The van der Waals surface area contributed by atoms with Crippen molar-refractivity contribution in [2.24, 2.45) is 0 Å². The van der Waals surface area contributed by atoms with Crippen LogP contribution in [0.5, 0.6) is 0 Å². The second-order valence-electron chi connectivity index (χ2n) is 3.62. The van der Waals surface area contributed by atoms with Crippen LogP contribution in [-0.2, 0) is 18.9 Å². The predicted octanol–water partition coefficient (Wildman–Crippen LogP) is 5.36. The molecule has 0 heterocycles. The van der Waals surface area contributed by atoms with Gasteiger partial charge in [-0.2, -0.15) is 0 Å². The molecule has 0 aliphatic rings. The molecule has 0 unspecified atom stereocenters. The number of hydrogen-bond acceptors (Lipinski definition) is 0. The molecule has 0 saturated carbocycles. The van der Waals surface area contributed by atoms with E-state index in [1.165, 1.54) is 37.0 Å². The molecule has 16 heavy (non-hydrogen) atoms. The first-order valence-corrected chi connectivity index (χ1v) is 15.5. The number of halogens is 1. The number of hydrogen-bond donors (Lipinski definition) is 0. The topological polar surface area (TPSA) is 0 Å². The van der Waals surface area contributed by atoms with Crippen molar-refractivity contribution in [3.8, 4) is 0 Å². The molecule has 0 rings (SSSR count). The predicted molar refractivity (Wildman–Crippen MR) is 88.8 cm³/mol. The van der Waals surface area contributed by atoms with E-state index in [1.807, 2.05) is 0 Å². The van der Waals surface area contributed by atoms with Gasteiger partial charge in [-0.05, 0) is 57.4 Å². The first-order chi connectivity index (χ1) is 7.69. The van der Waals surface area contributed by atoms with Crippen molar-refractivity contribution < 1.29 is 18.9 Å². The van der Waals surface area contributed by atoms with E-state index < -0.39 is 0 Å². The quantitative estimate of drug-likeness (QED) is 0.330. The van der Waals surface area contributed by atoms with E-state index in [-0.39, 0.29) is 15.8 Å². The fraction of sp³-hybridized carbons (Fsp3) is 1.00. The van der Waals surface area contributed by atoms with E-state index in [0.717, 1.165) is 0 Å². The van der Waals surface area contributed by atoms with Crippen LogP contribution in [0.1, 0.15) is 41.5 Å². The molecule has 4 heteroatoms. The van der Waals surface area contributed by atoms with Gasteiger partial charge in [-0.1, -0.05) is 0 Å². The first kappa shape index (κ1) is 23.2. The van der Waals surface area contributed by atoms with Gasteiger partial charge in [0.1, 0.15) is 0 Å². The van der Waals surface area contributed by atoms with Gasteiger partial charge in [-0.15, -0.1) is 0 Å². The molecular weight excluding hydrogens is 483 g/mol. The van der Waals surface area contributed by atoms with Gasteiger partial charge in [0.2, 0.25) is 0 Å². The van der Waals surface area contributed by atoms with Crippen LogP contribution in [-0.4, -0.2) is 37.0 Å². The van der Waals surface area contributed by atoms with Gasteiger partial charge in [0.05, 0.1) is 37.0 Å². The first-order valence-electron chi connectivity index (χ1n) is 6.48. The van der Waals surface area contributed by atoms with Gasteiger partial charge >= 0.3 is 32.0 Å². The average molecular weight is 515 g/mol. The maximum absolute atomic E-state index is 2.88. The van der Waals surface area contributed by atoms with Gasteiger partial charge < -0.3 is 0 Å².